The van der Waals surface area contributed by atoms with E-state index in [1.807, 2.05) is 6.08 Å². The second-order valence-corrected chi connectivity index (χ2v) is 12.1. The van der Waals surface area contributed by atoms with Gasteiger partial charge in [0.1, 0.15) is 5.60 Å². The van der Waals surface area contributed by atoms with E-state index in [1.165, 1.54) is 25.7 Å². The summed E-state index contributed by atoms with van der Waals surface area (Å²) in [6.07, 6.45) is 11.1. The Kier molecular flexibility index (Phi) is 6.13. The molecule has 0 spiro atoms. The van der Waals surface area contributed by atoms with Crippen molar-refractivity contribution in [2.75, 3.05) is 13.1 Å². The first-order chi connectivity index (χ1) is 15.4. The van der Waals surface area contributed by atoms with Gasteiger partial charge in [0.25, 0.3) is 5.91 Å². The lowest BCUT2D eigenvalue weighted by Crippen LogP contribution is -2.50. The Balaban J connectivity index is 1.65. The van der Waals surface area contributed by atoms with Crippen LogP contribution < -0.4 is 5.73 Å². The molecular formula is C27H40N2O4. The Labute approximate surface area is 198 Å². The van der Waals surface area contributed by atoms with Gasteiger partial charge in [0.15, 0.2) is 5.78 Å². The van der Waals surface area contributed by atoms with Crippen molar-refractivity contribution < 1.29 is 19.1 Å². The molecule has 0 unspecified atom stereocenters. The van der Waals surface area contributed by atoms with Gasteiger partial charge in [-0.05, 0) is 88.5 Å². The summed E-state index contributed by atoms with van der Waals surface area (Å²) in [6.45, 7) is 10.0. The molecule has 2 amide bonds. The Bertz CT molecular complexity index is 914. The van der Waals surface area contributed by atoms with Crippen LogP contribution in [-0.2, 0) is 14.3 Å². The predicted molar refractivity (Wildman–Crippen MR) is 127 cm³/mol. The number of fused-ring (bicyclic) bond motifs is 5. The van der Waals surface area contributed by atoms with Crippen molar-refractivity contribution in [2.24, 2.45) is 34.3 Å². The average molecular weight is 457 g/mol. The van der Waals surface area contributed by atoms with Crippen molar-refractivity contribution in [2.45, 2.75) is 85.2 Å². The molecule has 0 bridgehead atoms. The van der Waals surface area contributed by atoms with Gasteiger partial charge >= 0.3 is 6.09 Å². The summed E-state index contributed by atoms with van der Waals surface area (Å²) in [5, 5.41) is 0. The van der Waals surface area contributed by atoms with Gasteiger partial charge in [0.2, 0.25) is 0 Å². The number of allylic oxidation sites excluding steroid dienone is 3. The molecular weight excluding hydrogens is 416 g/mol. The number of imide groups is 1. The van der Waals surface area contributed by atoms with Crippen molar-refractivity contribution in [1.29, 1.82) is 0 Å². The number of carbonyl (C=O) groups excluding carboxylic acids is 3. The molecule has 2 N–H and O–H groups in total. The van der Waals surface area contributed by atoms with Crippen molar-refractivity contribution >= 4 is 17.8 Å². The maximum atomic E-state index is 13.5. The van der Waals surface area contributed by atoms with Crippen molar-refractivity contribution in [3.63, 3.8) is 0 Å². The van der Waals surface area contributed by atoms with Crippen LogP contribution >= 0.6 is 0 Å². The lowest BCUT2D eigenvalue weighted by Gasteiger charge is -2.56. The summed E-state index contributed by atoms with van der Waals surface area (Å²) in [6, 6.07) is 0. The fourth-order valence-corrected chi connectivity index (χ4v) is 7.33. The standard InChI is InChI=1S/C27H40N2O4/c1-25(2,3)33-24(32)29(14-13-28)23(31)19-16-27(5)17(15-22(19)30)8-9-18-20-7-6-11-26(20,4)12-10-21(18)27/h15-16,18,20-21H,6-14,28H2,1-5H3/t18-,20-,21-,26-,27-/m0/s1. The van der Waals surface area contributed by atoms with Crippen LogP contribution in [0.3, 0.4) is 0 Å². The number of hydrogen-bond acceptors (Lipinski definition) is 5. The topological polar surface area (TPSA) is 89.7 Å². The molecule has 6 nitrogen and oxygen atoms in total. The maximum Gasteiger partial charge on any atom is 0.417 e. The fraction of sp³-hybridized carbons (Fsp3) is 0.741. The lowest BCUT2D eigenvalue weighted by atomic mass is 9.48. The second-order valence-electron chi connectivity index (χ2n) is 12.1. The van der Waals surface area contributed by atoms with E-state index < -0.39 is 17.6 Å². The second kappa shape index (κ2) is 8.37. The van der Waals surface area contributed by atoms with Crippen LogP contribution in [0.2, 0.25) is 0 Å². The highest BCUT2D eigenvalue weighted by Gasteiger charge is 2.56. The van der Waals surface area contributed by atoms with Crippen LogP contribution in [0, 0.1) is 28.6 Å². The summed E-state index contributed by atoms with van der Waals surface area (Å²) >= 11 is 0. The minimum absolute atomic E-state index is 0.0120. The zero-order chi connectivity index (χ0) is 24.2. The van der Waals surface area contributed by atoms with E-state index in [0.29, 0.717) is 17.3 Å². The molecule has 4 aliphatic carbocycles. The summed E-state index contributed by atoms with van der Waals surface area (Å²) in [7, 11) is 0. The first kappa shape index (κ1) is 24.2. The number of amides is 2. The number of carbonyl (C=O) groups is 3. The van der Waals surface area contributed by atoms with Gasteiger partial charge < -0.3 is 10.5 Å². The van der Waals surface area contributed by atoms with Crippen molar-refractivity contribution in [3.05, 3.63) is 23.3 Å². The van der Waals surface area contributed by atoms with Gasteiger partial charge in [-0.25, -0.2) is 9.69 Å². The Morgan fingerprint density at radius 2 is 1.88 bits per heavy atom. The Morgan fingerprint density at radius 3 is 2.55 bits per heavy atom. The van der Waals surface area contributed by atoms with E-state index in [1.54, 1.807) is 26.8 Å². The predicted octanol–water partition coefficient (Wildman–Crippen LogP) is 4.78. The average Bonchev–Trinajstić information content (AvgIpc) is 3.12. The minimum atomic E-state index is -0.757. The molecule has 5 atom stereocenters. The zero-order valence-corrected chi connectivity index (χ0v) is 20.9. The summed E-state index contributed by atoms with van der Waals surface area (Å²) in [4.78, 5) is 40.3. The largest absolute Gasteiger partial charge is 0.443 e. The third-order valence-corrected chi connectivity index (χ3v) is 8.88. The van der Waals surface area contributed by atoms with Crippen LogP contribution in [0.25, 0.3) is 0 Å². The zero-order valence-electron chi connectivity index (χ0n) is 20.9. The van der Waals surface area contributed by atoms with Gasteiger partial charge in [0.05, 0.1) is 5.57 Å². The molecule has 3 saturated carbocycles. The smallest absolute Gasteiger partial charge is 0.417 e. The van der Waals surface area contributed by atoms with Crippen LogP contribution in [0.1, 0.15) is 79.6 Å². The van der Waals surface area contributed by atoms with E-state index in [2.05, 4.69) is 13.8 Å². The van der Waals surface area contributed by atoms with Gasteiger partial charge in [-0.1, -0.05) is 31.9 Å². The number of rotatable bonds is 3. The van der Waals surface area contributed by atoms with Crippen molar-refractivity contribution in [1.82, 2.24) is 4.90 Å². The molecule has 4 rings (SSSR count). The molecule has 0 aromatic heterocycles. The maximum absolute atomic E-state index is 13.5. The van der Waals surface area contributed by atoms with Crippen LogP contribution in [0.15, 0.2) is 23.3 Å². The van der Waals surface area contributed by atoms with Crippen LogP contribution in [0.5, 0.6) is 0 Å². The first-order valence-electron chi connectivity index (χ1n) is 12.6. The van der Waals surface area contributed by atoms with E-state index in [9.17, 15) is 14.4 Å². The third-order valence-electron chi connectivity index (χ3n) is 8.88. The first-order valence-corrected chi connectivity index (χ1v) is 12.6. The van der Waals surface area contributed by atoms with Crippen molar-refractivity contribution in [3.8, 4) is 0 Å². The van der Waals surface area contributed by atoms with Gasteiger partial charge in [0, 0.05) is 18.5 Å². The van der Waals surface area contributed by atoms with E-state index in [4.69, 9.17) is 10.5 Å². The molecule has 33 heavy (non-hydrogen) atoms. The lowest BCUT2D eigenvalue weighted by molar-refractivity contribution is -0.128. The highest BCUT2D eigenvalue weighted by atomic mass is 16.6. The summed E-state index contributed by atoms with van der Waals surface area (Å²) in [5.74, 6) is 0.877. The summed E-state index contributed by atoms with van der Waals surface area (Å²) in [5.41, 5.74) is 6.30. The van der Waals surface area contributed by atoms with E-state index in [-0.39, 0.29) is 29.9 Å². The third kappa shape index (κ3) is 4.20. The normalized spacial score (nSPS) is 35.6. The van der Waals surface area contributed by atoms with Gasteiger partial charge in [-0.3, -0.25) is 9.59 Å². The fourth-order valence-electron chi connectivity index (χ4n) is 7.33. The molecule has 3 fully saturated rings. The molecule has 0 radical (unpaired) electrons. The van der Waals surface area contributed by atoms with Crippen LogP contribution in [-0.4, -0.2) is 41.4 Å². The number of ketones is 1. The molecule has 6 heteroatoms. The molecule has 0 saturated heterocycles. The molecule has 0 aromatic rings. The molecule has 0 aliphatic heterocycles. The number of nitrogens with zero attached hydrogens (tertiary/aromatic N) is 1. The van der Waals surface area contributed by atoms with Gasteiger partial charge in [-0.2, -0.15) is 0 Å². The van der Waals surface area contributed by atoms with Gasteiger partial charge in [-0.15, -0.1) is 0 Å². The Hall–Kier alpha value is -1.95. The molecule has 0 heterocycles. The van der Waals surface area contributed by atoms with E-state index in [0.717, 1.165) is 35.7 Å². The highest BCUT2D eigenvalue weighted by Crippen LogP contribution is 2.64. The van der Waals surface area contributed by atoms with Crippen LogP contribution in [0.4, 0.5) is 4.79 Å². The SMILES string of the molecule is CC(C)(C)OC(=O)N(CCN)C(=O)C1=C[C@@]2(C)C(=CC1=O)CC[C@H]1[C@@H]3CCC[C@@]3(C)CC[C@@H]12. The number of hydrogen-bond donors (Lipinski definition) is 1. The monoisotopic (exact) mass is 456 g/mol. The minimum Gasteiger partial charge on any atom is -0.443 e. The summed E-state index contributed by atoms with van der Waals surface area (Å²) < 4.78 is 5.43. The number of ether oxygens (including phenoxy) is 1. The van der Waals surface area contributed by atoms with E-state index >= 15 is 0 Å². The molecule has 4 aliphatic rings. The highest BCUT2D eigenvalue weighted by molar-refractivity contribution is 6.26. The number of nitrogens with two attached hydrogens (primary N) is 1. The molecule has 182 valence electrons. The quantitative estimate of drug-likeness (QED) is 0.618. The molecule has 0 aromatic carbocycles. The Morgan fingerprint density at radius 1 is 1.15 bits per heavy atom.